The smallest absolute Gasteiger partial charge is 0.357 e. The Morgan fingerprint density at radius 3 is 2.09 bits per heavy atom. The van der Waals surface area contributed by atoms with Crippen LogP contribution in [0, 0.1) is 0 Å². The van der Waals surface area contributed by atoms with Gasteiger partial charge < -0.3 is 19.1 Å². The molecule has 0 aliphatic heterocycles. The quantitative estimate of drug-likeness (QED) is 0.152. The van der Waals surface area contributed by atoms with E-state index in [1.807, 2.05) is 19.9 Å². The Kier molecular flexibility index (Phi) is 12.0. The van der Waals surface area contributed by atoms with Crippen molar-refractivity contribution in [2.24, 2.45) is 0 Å². The first-order valence-corrected chi connectivity index (χ1v) is 13.6. The maximum atomic E-state index is 13.9. The van der Waals surface area contributed by atoms with Gasteiger partial charge in [0.2, 0.25) is 0 Å². The normalized spacial score (nSPS) is 12.4. The highest BCUT2D eigenvalue weighted by molar-refractivity contribution is 7.54. The van der Waals surface area contributed by atoms with Crippen LogP contribution in [0.1, 0.15) is 50.9 Å². The summed E-state index contributed by atoms with van der Waals surface area (Å²) in [5.41, 5.74) is 0.606. The van der Waals surface area contributed by atoms with Crippen molar-refractivity contribution >= 4 is 48.3 Å². The summed E-state index contributed by atoms with van der Waals surface area (Å²) in [5.74, 6) is -1.31. The lowest BCUT2D eigenvalue weighted by Crippen LogP contribution is -2.33. The fourth-order valence-electron chi connectivity index (χ4n) is 2.79. The van der Waals surface area contributed by atoms with E-state index >= 15 is 0 Å². The molecule has 1 atom stereocenters. The molecule has 0 saturated heterocycles. The lowest BCUT2D eigenvalue weighted by Gasteiger charge is -2.28. The van der Waals surface area contributed by atoms with Crippen molar-refractivity contribution in [3.63, 3.8) is 0 Å². The fourth-order valence-corrected chi connectivity index (χ4v) is 5.36. The molecule has 2 aromatic rings. The highest BCUT2D eigenvalue weighted by atomic mass is 35.5. The van der Waals surface area contributed by atoms with Gasteiger partial charge in [0.05, 0.1) is 28.3 Å². The molecule has 0 aliphatic carbocycles. The highest BCUT2D eigenvalue weighted by Crippen LogP contribution is 2.59. The first kappa shape index (κ1) is 28.0. The van der Waals surface area contributed by atoms with Crippen molar-refractivity contribution in [1.82, 2.24) is 5.32 Å². The van der Waals surface area contributed by atoms with Gasteiger partial charge in [0.1, 0.15) is 5.75 Å². The molecule has 1 unspecified atom stereocenters. The lowest BCUT2D eigenvalue weighted by molar-refractivity contribution is -0.123. The van der Waals surface area contributed by atoms with Gasteiger partial charge >= 0.3 is 7.60 Å². The van der Waals surface area contributed by atoms with Crippen molar-refractivity contribution in [1.29, 1.82) is 0 Å². The number of benzene rings is 2. The van der Waals surface area contributed by atoms with Gasteiger partial charge in [-0.15, -0.1) is 0 Å². The summed E-state index contributed by atoms with van der Waals surface area (Å²) in [6, 6.07) is 11.8. The Bertz CT molecular complexity index is 931. The number of ether oxygens (including phenoxy) is 1. The molecule has 0 aliphatic rings. The van der Waals surface area contributed by atoms with Crippen LogP contribution in [-0.4, -0.2) is 25.7 Å². The van der Waals surface area contributed by atoms with E-state index in [-0.39, 0.29) is 40.6 Å². The molecule has 0 aromatic heterocycles. The Balaban J connectivity index is 2.22. The molecular formula is C23H29Cl3NO5P. The highest BCUT2D eigenvalue weighted by Gasteiger charge is 2.38. The standard InChI is InChI=1S/C23H29Cl3NO5P/c1-3-5-12-31-33(29,32-13-6-4-2)23(17-10-8-7-9-11-17)27-22(28)16-30-21-15-19(25)18(24)14-20(21)26/h7-11,14-15,23H,3-6,12-13,16H2,1-2H3,(H,27,28). The molecule has 2 aromatic carbocycles. The van der Waals surface area contributed by atoms with E-state index in [0.29, 0.717) is 5.56 Å². The van der Waals surface area contributed by atoms with Crippen LogP contribution in [-0.2, 0) is 18.4 Å². The molecule has 6 nitrogen and oxygen atoms in total. The number of nitrogens with one attached hydrogen (secondary N) is 1. The average molecular weight is 537 g/mol. The topological polar surface area (TPSA) is 73.9 Å². The third-order valence-corrected chi connectivity index (χ3v) is 7.76. The summed E-state index contributed by atoms with van der Waals surface area (Å²) in [4.78, 5) is 12.8. The molecule has 0 bridgehead atoms. The Hall–Kier alpha value is -1.27. The minimum absolute atomic E-state index is 0.207. The molecule has 0 radical (unpaired) electrons. The fraction of sp³-hybridized carbons (Fsp3) is 0.435. The predicted octanol–water partition coefficient (Wildman–Crippen LogP) is 7.67. The van der Waals surface area contributed by atoms with Crippen LogP contribution >= 0.6 is 42.4 Å². The molecule has 1 N–H and O–H groups in total. The number of hydrogen-bond acceptors (Lipinski definition) is 5. The minimum atomic E-state index is -3.74. The predicted molar refractivity (Wildman–Crippen MR) is 134 cm³/mol. The van der Waals surface area contributed by atoms with Crippen LogP contribution in [0.15, 0.2) is 42.5 Å². The molecule has 1 amide bonds. The Labute approximate surface area is 210 Å². The minimum Gasteiger partial charge on any atom is -0.482 e. The second kappa shape index (κ2) is 14.2. The van der Waals surface area contributed by atoms with Crippen LogP contribution in [0.5, 0.6) is 5.75 Å². The largest absolute Gasteiger partial charge is 0.482 e. The van der Waals surface area contributed by atoms with E-state index in [1.165, 1.54) is 12.1 Å². The van der Waals surface area contributed by atoms with E-state index in [2.05, 4.69) is 5.32 Å². The summed E-state index contributed by atoms with van der Waals surface area (Å²) in [6.45, 7) is 4.15. The summed E-state index contributed by atoms with van der Waals surface area (Å²) in [5, 5.41) is 3.50. The third kappa shape index (κ3) is 8.79. The van der Waals surface area contributed by atoms with Gasteiger partial charge in [0.25, 0.3) is 5.91 Å². The average Bonchev–Trinajstić information content (AvgIpc) is 2.80. The first-order valence-electron chi connectivity index (χ1n) is 10.8. The zero-order valence-corrected chi connectivity index (χ0v) is 21.9. The van der Waals surface area contributed by atoms with E-state index in [0.717, 1.165) is 25.7 Å². The van der Waals surface area contributed by atoms with E-state index in [1.54, 1.807) is 24.3 Å². The summed E-state index contributed by atoms with van der Waals surface area (Å²) in [6.07, 6.45) is 3.18. The van der Waals surface area contributed by atoms with E-state index < -0.39 is 19.3 Å². The molecule has 0 heterocycles. The molecule has 0 fully saturated rings. The Morgan fingerprint density at radius 1 is 0.939 bits per heavy atom. The number of rotatable bonds is 14. The van der Waals surface area contributed by atoms with Gasteiger partial charge in [0, 0.05) is 6.07 Å². The Morgan fingerprint density at radius 2 is 1.52 bits per heavy atom. The third-order valence-electron chi connectivity index (χ3n) is 4.60. The number of amides is 1. The van der Waals surface area contributed by atoms with Crippen LogP contribution in [0.2, 0.25) is 15.1 Å². The van der Waals surface area contributed by atoms with Gasteiger partial charge in [-0.25, -0.2) is 0 Å². The van der Waals surface area contributed by atoms with Crippen molar-refractivity contribution in [3.8, 4) is 5.75 Å². The zero-order chi connectivity index (χ0) is 24.3. The number of carbonyl (C=O) groups excluding carboxylic acids is 1. The maximum Gasteiger partial charge on any atom is 0.357 e. The number of halogens is 3. The zero-order valence-electron chi connectivity index (χ0n) is 18.7. The van der Waals surface area contributed by atoms with Gasteiger partial charge in [-0.3, -0.25) is 9.36 Å². The monoisotopic (exact) mass is 535 g/mol. The molecule has 10 heteroatoms. The number of carbonyl (C=O) groups is 1. The van der Waals surface area contributed by atoms with Gasteiger partial charge in [-0.05, 0) is 24.5 Å². The molecular weight excluding hydrogens is 508 g/mol. The van der Waals surface area contributed by atoms with Crippen LogP contribution in [0.4, 0.5) is 0 Å². The first-order chi connectivity index (χ1) is 15.8. The van der Waals surface area contributed by atoms with Crippen LogP contribution in [0.25, 0.3) is 0 Å². The lowest BCUT2D eigenvalue weighted by atomic mass is 10.2. The van der Waals surface area contributed by atoms with Crippen molar-refractivity contribution in [3.05, 3.63) is 63.1 Å². The summed E-state index contributed by atoms with van der Waals surface area (Å²) < 4.78 is 30.9. The molecule has 2 rings (SSSR count). The summed E-state index contributed by atoms with van der Waals surface area (Å²) >= 11 is 18.1. The second-order valence-electron chi connectivity index (χ2n) is 7.28. The summed E-state index contributed by atoms with van der Waals surface area (Å²) in [7, 11) is -3.74. The SMILES string of the molecule is CCCCOP(=O)(OCCCC)C(NC(=O)COc1cc(Cl)c(Cl)cc1Cl)c1ccccc1. The van der Waals surface area contributed by atoms with Crippen molar-refractivity contribution < 1.29 is 23.1 Å². The second-order valence-corrected chi connectivity index (χ2v) is 10.6. The molecule has 0 spiro atoms. The molecule has 0 saturated carbocycles. The van der Waals surface area contributed by atoms with E-state index in [4.69, 9.17) is 48.6 Å². The van der Waals surface area contributed by atoms with Crippen LogP contribution in [0.3, 0.4) is 0 Å². The van der Waals surface area contributed by atoms with Crippen molar-refractivity contribution in [2.75, 3.05) is 19.8 Å². The number of hydrogen-bond donors (Lipinski definition) is 1. The molecule has 33 heavy (non-hydrogen) atoms. The van der Waals surface area contributed by atoms with E-state index in [9.17, 15) is 9.36 Å². The van der Waals surface area contributed by atoms with Gasteiger partial charge in [0.15, 0.2) is 12.4 Å². The van der Waals surface area contributed by atoms with Gasteiger partial charge in [-0.2, -0.15) is 0 Å². The van der Waals surface area contributed by atoms with Gasteiger partial charge in [-0.1, -0.05) is 91.8 Å². The van der Waals surface area contributed by atoms with Crippen molar-refractivity contribution in [2.45, 2.75) is 45.3 Å². The number of unbranched alkanes of at least 4 members (excludes halogenated alkanes) is 2. The van der Waals surface area contributed by atoms with Crippen LogP contribution < -0.4 is 10.1 Å². The molecule has 182 valence electrons. The maximum absolute atomic E-state index is 13.9.